The number of benzene rings is 2. The summed E-state index contributed by atoms with van der Waals surface area (Å²) in [7, 11) is 1.53. The number of nitrogens with one attached hydrogen (secondary N) is 1. The van der Waals surface area contributed by atoms with Gasteiger partial charge in [0.1, 0.15) is 12.4 Å². The molecule has 0 saturated heterocycles. The maximum Gasteiger partial charge on any atom is 0.271 e. The van der Waals surface area contributed by atoms with Crippen LogP contribution in [0.5, 0.6) is 17.2 Å². The van der Waals surface area contributed by atoms with Crippen molar-refractivity contribution in [1.82, 2.24) is 5.43 Å². The Hall–Kier alpha value is -3.46. The summed E-state index contributed by atoms with van der Waals surface area (Å²) in [6.45, 7) is 2.63. The summed E-state index contributed by atoms with van der Waals surface area (Å²) in [5, 5.41) is 3.96. The lowest BCUT2D eigenvalue weighted by molar-refractivity contribution is 0.0955. The molecule has 2 rings (SSSR count). The molecule has 0 atom stereocenters. The van der Waals surface area contributed by atoms with E-state index >= 15 is 0 Å². The van der Waals surface area contributed by atoms with Crippen LogP contribution in [0.25, 0.3) is 0 Å². The fourth-order valence-corrected chi connectivity index (χ4v) is 2.10. The van der Waals surface area contributed by atoms with Crippen LogP contribution in [0.1, 0.15) is 22.8 Å². The number of nitrogens with zero attached hydrogens (tertiary/aromatic N) is 1. The first-order valence-corrected chi connectivity index (χ1v) is 7.98. The normalized spacial score (nSPS) is 10.2. The Morgan fingerprint density at radius 3 is 2.62 bits per heavy atom. The second-order valence-electron chi connectivity index (χ2n) is 5.06. The van der Waals surface area contributed by atoms with Gasteiger partial charge >= 0.3 is 0 Å². The van der Waals surface area contributed by atoms with Crippen LogP contribution in [0.4, 0.5) is 0 Å². The molecule has 1 amide bonds. The summed E-state index contributed by atoms with van der Waals surface area (Å²) >= 11 is 0. The van der Waals surface area contributed by atoms with E-state index in [0.29, 0.717) is 29.4 Å². The van der Waals surface area contributed by atoms with Gasteiger partial charge in [-0.3, -0.25) is 4.79 Å². The molecule has 0 aliphatic heterocycles. The Bertz CT molecular complexity index is 808. The number of hydrogen-bond donors (Lipinski definition) is 1. The Kier molecular flexibility index (Phi) is 7.07. The molecule has 26 heavy (non-hydrogen) atoms. The van der Waals surface area contributed by atoms with Crippen molar-refractivity contribution >= 4 is 12.1 Å². The topological polar surface area (TPSA) is 69.2 Å². The molecule has 0 bridgehead atoms. The summed E-state index contributed by atoms with van der Waals surface area (Å²) in [5.41, 5.74) is 3.70. The molecular formula is C20H20N2O4. The summed E-state index contributed by atoms with van der Waals surface area (Å²) in [6, 6.07) is 12.1. The molecule has 6 heteroatoms. The lowest BCUT2D eigenvalue weighted by atomic mass is 10.2. The van der Waals surface area contributed by atoms with E-state index in [2.05, 4.69) is 16.4 Å². The first-order chi connectivity index (χ1) is 12.7. The van der Waals surface area contributed by atoms with E-state index in [1.165, 1.54) is 13.3 Å². The minimum absolute atomic E-state index is 0.155. The van der Waals surface area contributed by atoms with E-state index in [1.807, 2.05) is 6.92 Å². The highest BCUT2D eigenvalue weighted by Gasteiger charge is 2.06. The first-order valence-electron chi connectivity index (χ1n) is 7.98. The highest BCUT2D eigenvalue weighted by molar-refractivity contribution is 5.95. The van der Waals surface area contributed by atoms with Crippen molar-refractivity contribution < 1.29 is 19.0 Å². The molecule has 0 unspecified atom stereocenters. The van der Waals surface area contributed by atoms with Crippen molar-refractivity contribution in [3.05, 3.63) is 53.6 Å². The fraction of sp³-hybridized carbons (Fsp3) is 0.200. The molecule has 0 saturated carbocycles. The number of amides is 1. The second kappa shape index (κ2) is 9.74. The monoisotopic (exact) mass is 352 g/mol. The van der Waals surface area contributed by atoms with Crippen LogP contribution in [-0.2, 0) is 0 Å². The average Bonchev–Trinajstić information content (AvgIpc) is 2.67. The molecule has 0 aliphatic carbocycles. The third-order valence-corrected chi connectivity index (χ3v) is 3.31. The number of carbonyl (C=O) groups is 1. The minimum atomic E-state index is -0.315. The molecular weight excluding hydrogens is 332 g/mol. The van der Waals surface area contributed by atoms with Crippen LogP contribution >= 0.6 is 0 Å². The average molecular weight is 352 g/mol. The van der Waals surface area contributed by atoms with Gasteiger partial charge in [0.2, 0.25) is 0 Å². The van der Waals surface area contributed by atoms with Crippen LogP contribution in [0.3, 0.4) is 0 Å². The van der Waals surface area contributed by atoms with Crippen molar-refractivity contribution in [2.24, 2.45) is 5.10 Å². The van der Waals surface area contributed by atoms with E-state index in [9.17, 15) is 4.79 Å². The molecule has 0 fully saturated rings. The zero-order chi connectivity index (χ0) is 18.8. The molecule has 134 valence electrons. The van der Waals surface area contributed by atoms with Crippen LogP contribution < -0.4 is 19.6 Å². The van der Waals surface area contributed by atoms with E-state index in [0.717, 1.165) is 5.56 Å². The third kappa shape index (κ3) is 5.28. The van der Waals surface area contributed by atoms with Gasteiger partial charge in [-0.15, -0.1) is 6.42 Å². The Balaban J connectivity index is 1.98. The van der Waals surface area contributed by atoms with Gasteiger partial charge in [0.25, 0.3) is 5.91 Å². The zero-order valence-corrected chi connectivity index (χ0v) is 14.7. The Morgan fingerprint density at radius 2 is 1.96 bits per heavy atom. The number of ether oxygens (including phenoxy) is 3. The third-order valence-electron chi connectivity index (χ3n) is 3.31. The minimum Gasteiger partial charge on any atom is -0.494 e. The zero-order valence-electron chi connectivity index (χ0n) is 14.7. The molecule has 6 nitrogen and oxygen atoms in total. The first kappa shape index (κ1) is 18.9. The van der Waals surface area contributed by atoms with Crippen LogP contribution in [0.2, 0.25) is 0 Å². The molecule has 0 aliphatic rings. The predicted molar refractivity (Wildman–Crippen MR) is 100.0 cm³/mol. The van der Waals surface area contributed by atoms with E-state index in [4.69, 9.17) is 20.6 Å². The lowest BCUT2D eigenvalue weighted by Gasteiger charge is -2.09. The number of hydrazone groups is 1. The standard InChI is InChI=1S/C20H20N2O4/c1-4-12-26-18-11-6-15(13-19(18)24-3)14-21-22-20(23)16-7-9-17(10-8-16)25-5-2/h1,6-11,13-14H,5,12H2,2-3H3,(H,22,23)/b21-14+. The van der Waals surface area contributed by atoms with Gasteiger partial charge in [0, 0.05) is 5.56 Å². The van der Waals surface area contributed by atoms with Crippen LogP contribution in [0, 0.1) is 12.3 Å². The van der Waals surface area contributed by atoms with Crippen LogP contribution in [-0.4, -0.2) is 32.4 Å². The van der Waals surface area contributed by atoms with E-state index in [1.54, 1.807) is 42.5 Å². The summed E-state index contributed by atoms with van der Waals surface area (Å²) < 4.78 is 16.0. The highest BCUT2D eigenvalue weighted by Crippen LogP contribution is 2.27. The molecule has 2 aromatic rings. The van der Waals surface area contributed by atoms with E-state index in [-0.39, 0.29) is 12.5 Å². The molecule has 2 aromatic carbocycles. The predicted octanol–water partition coefficient (Wildman–Crippen LogP) is 2.87. The fourth-order valence-electron chi connectivity index (χ4n) is 2.10. The van der Waals surface area contributed by atoms with Crippen molar-refractivity contribution in [2.45, 2.75) is 6.92 Å². The van der Waals surface area contributed by atoms with Crippen molar-refractivity contribution in [1.29, 1.82) is 0 Å². The summed E-state index contributed by atoms with van der Waals surface area (Å²) in [5.74, 6) is 3.87. The SMILES string of the molecule is C#CCOc1ccc(/C=N/NC(=O)c2ccc(OCC)cc2)cc1OC. The number of terminal acetylenes is 1. The summed E-state index contributed by atoms with van der Waals surface area (Å²) in [6.07, 6.45) is 6.69. The molecule has 1 N–H and O–H groups in total. The van der Waals surface area contributed by atoms with E-state index < -0.39 is 0 Å². The highest BCUT2D eigenvalue weighted by atomic mass is 16.5. The van der Waals surface area contributed by atoms with Crippen molar-refractivity contribution in [3.8, 4) is 29.6 Å². The molecule has 0 heterocycles. The molecule has 0 radical (unpaired) electrons. The van der Waals surface area contributed by atoms with Crippen molar-refractivity contribution in [3.63, 3.8) is 0 Å². The number of hydrogen-bond acceptors (Lipinski definition) is 5. The molecule has 0 aromatic heterocycles. The van der Waals surface area contributed by atoms with Gasteiger partial charge in [-0.1, -0.05) is 5.92 Å². The van der Waals surface area contributed by atoms with Gasteiger partial charge < -0.3 is 14.2 Å². The maximum absolute atomic E-state index is 12.1. The lowest BCUT2D eigenvalue weighted by Crippen LogP contribution is -2.17. The smallest absolute Gasteiger partial charge is 0.271 e. The van der Waals surface area contributed by atoms with Crippen molar-refractivity contribution in [2.75, 3.05) is 20.3 Å². The quantitative estimate of drug-likeness (QED) is 0.451. The van der Waals surface area contributed by atoms with Gasteiger partial charge in [0.15, 0.2) is 11.5 Å². The molecule has 0 spiro atoms. The number of methoxy groups -OCH3 is 1. The number of rotatable bonds is 8. The Morgan fingerprint density at radius 1 is 1.19 bits per heavy atom. The maximum atomic E-state index is 12.1. The van der Waals surface area contributed by atoms with Gasteiger partial charge in [-0.25, -0.2) is 5.43 Å². The van der Waals surface area contributed by atoms with Gasteiger partial charge in [0.05, 0.1) is 19.9 Å². The summed E-state index contributed by atoms with van der Waals surface area (Å²) in [4.78, 5) is 12.1. The van der Waals surface area contributed by atoms with Gasteiger partial charge in [-0.05, 0) is 55.0 Å². The largest absolute Gasteiger partial charge is 0.494 e. The Labute approximate surface area is 152 Å². The second-order valence-corrected chi connectivity index (χ2v) is 5.06. The number of carbonyl (C=O) groups excluding carboxylic acids is 1. The van der Waals surface area contributed by atoms with Gasteiger partial charge in [-0.2, -0.15) is 5.10 Å². The van der Waals surface area contributed by atoms with Crippen LogP contribution in [0.15, 0.2) is 47.6 Å².